The van der Waals surface area contributed by atoms with Gasteiger partial charge in [-0.3, -0.25) is 9.36 Å². The van der Waals surface area contributed by atoms with Crippen molar-refractivity contribution in [2.24, 2.45) is 0 Å². The number of nitrogens with zero attached hydrogens (tertiary/aromatic N) is 2. The van der Waals surface area contributed by atoms with E-state index in [1.165, 1.54) is 22.5 Å². The van der Waals surface area contributed by atoms with Crippen LogP contribution in [0.3, 0.4) is 0 Å². The zero-order valence-electron chi connectivity index (χ0n) is 15.3. The Bertz CT molecular complexity index is 1130. The van der Waals surface area contributed by atoms with Crippen LogP contribution in [0.2, 0.25) is 0 Å². The van der Waals surface area contributed by atoms with Crippen molar-refractivity contribution in [3.8, 4) is 10.4 Å². The molecule has 2 aromatic carbocycles. The lowest BCUT2D eigenvalue weighted by Gasteiger charge is -2.09. The molecule has 5 heteroatoms. The Hall–Kier alpha value is -2.37. The summed E-state index contributed by atoms with van der Waals surface area (Å²) in [5.74, 6) is 0.800. The molecule has 4 aromatic rings. The molecule has 0 atom stereocenters. The van der Waals surface area contributed by atoms with Crippen LogP contribution in [0.1, 0.15) is 18.1 Å². The molecular weight excluding hydrogens is 372 g/mol. The average Bonchev–Trinajstić information content (AvgIpc) is 3.13. The predicted octanol–water partition coefficient (Wildman–Crippen LogP) is 5.75. The number of aryl methyl sites for hydroxylation is 1. The topological polar surface area (TPSA) is 34.9 Å². The van der Waals surface area contributed by atoms with Gasteiger partial charge in [0.05, 0.1) is 5.52 Å². The first-order valence-corrected chi connectivity index (χ1v) is 10.7. The molecule has 4 rings (SSSR count). The fourth-order valence-electron chi connectivity index (χ4n) is 2.96. The quantitative estimate of drug-likeness (QED) is 0.321. The molecule has 136 valence electrons. The van der Waals surface area contributed by atoms with Crippen LogP contribution in [0.4, 0.5) is 0 Å². The predicted molar refractivity (Wildman–Crippen MR) is 116 cm³/mol. The van der Waals surface area contributed by atoms with E-state index in [4.69, 9.17) is 4.98 Å². The normalized spacial score (nSPS) is 11.2. The third-order valence-electron chi connectivity index (χ3n) is 4.46. The minimum Gasteiger partial charge on any atom is -0.287 e. The van der Waals surface area contributed by atoms with Crippen molar-refractivity contribution >= 4 is 33.3 Å². The molecule has 0 radical (unpaired) electrons. The van der Waals surface area contributed by atoms with Crippen LogP contribution in [-0.2, 0) is 12.3 Å². The molecule has 0 saturated heterocycles. The van der Waals surface area contributed by atoms with Crippen molar-refractivity contribution in [2.45, 2.75) is 31.3 Å². The molecule has 0 unspecified atom stereocenters. The summed E-state index contributed by atoms with van der Waals surface area (Å²) in [6, 6.07) is 20.7. The monoisotopic (exact) mass is 392 g/mol. The van der Waals surface area contributed by atoms with Gasteiger partial charge >= 0.3 is 0 Å². The average molecular weight is 393 g/mol. The summed E-state index contributed by atoms with van der Waals surface area (Å²) in [4.78, 5) is 18.9. The van der Waals surface area contributed by atoms with Crippen LogP contribution in [0.5, 0.6) is 0 Å². The van der Waals surface area contributed by atoms with Gasteiger partial charge in [0.15, 0.2) is 5.16 Å². The third kappa shape index (κ3) is 3.70. The van der Waals surface area contributed by atoms with Crippen LogP contribution >= 0.6 is 23.1 Å². The van der Waals surface area contributed by atoms with Gasteiger partial charge in [-0.05, 0) is 31.0 Å². The number of hydrogen-bond donors (Lipinski definition) is 0. The van der Waals surface area contributed by atoms with Gasteiger partial charge in [-0.2, -0.15) is 0 Å². The summed E-state index contributed by atoms with van der Waals surface area (Å²) in [5.41, 5.74) is 4.45. The highest BCUT2D eigenvalue weighted by atomic mass is 32.2. The second-order valence-electron chi connectivity index (χ2n) is 6.41. The fourth-order valence-corrected chi connectivity index (χ4v) is 5.03. The van der Waals surface area contributed by atoms with E-state index in [-0.39, 0.29) is 5.56 Å². The minimum atomic E-state index is 0.0566. The SMILES string of the molecule is CCn1c(SCc2ccc(C)cc2)nc2cc(-c3ccccc3)sc2c1=O. The molecule has 2 aromatic heterocycles. The van der Waals surface area contributed by atoms with E-state index >= 15 is 0 Å². The lowest BCUT2D eigenvalue weighted by atomic mass is 10.2. The number of fused-ring (bicyclic) bond motifs is 1. The first-order chi connectivity index (χ1) is 13.2. The number of thioether (sulfide) groups is 1. The molecule has 0 aliphatic heterocycles. The Morgan fingerprint density at radius 1 is 1.07 bits per heavy atom. The summed E-state index contributed by atoms with van der Waals surface area (Å²) < 4.78 is 2.52. The largest absolute Gasteiger partial charge is 0.287 e. The fraction of sp³-hybridized carbons (Fsp3) is 0.182. The van der Waals surface area contributed by atoms with Gasteiger partial charge < -0.3 is 0 Å². The lowest BCUT2D eigenvalue weighted by Crippen LogP contribution is -2.21. The smallest absolute Gasteiger partial charge is 0.272 e. The van der Waals surface area contributed by atoms with E-state index in [1.807, 2.05) is 31.2 Å². The second-order valence-corrected chi connectivity index (χ2v) is 8.40. The van der Waals surface area contributed by atoms with E-state index in [2.05, 4.69) is 43.3 Å². The van der Waals surface area contributed by atoms with E-state index in [1.54, 1.807) is 16.3 Å². The Kier molecular flexibility index (Phi) is 5.14. The summed E-state index contributed by atoms with van der Waals surface area (Å²) in [6.45, 7) is 4.70. The molecule has 0 N–H and O–H groups in total. The summed E-state index contributed by atoms with van der Waals surface area (Å²) in [6.07, 6.45) is 0. The van der Waals surface area contributed by atoms with Gasteiger partial charge in [0, 0.05) is 17.2 Å². The molecule has 0 aliphatic rings. The highest BCUT2D eigenvalue weighted by Gasteiger charge is 2.14. The van der Waals surface area contributed by atoms with Crippen molar-refractivity contribution in [2.75, 3.05) is 0 Å². The Labute approximate surface area is 166 Å². The molecule has 0 aliphatic carbocycles. The highest BCUT2D eigenvalue weighted by Crippen LogP contribution is 2.32. The third-order valence-corrected chi connectivity index (χ3v) is 6.67. The van der Waals surface area contributed by atoms with Gasteiger partial charge in [0.25, 0.3) is 5.56 Å². The summed E-state index contributed by atoms with van der Waals surface area (Å²) in [5, 5.41) is 0.785. The number of aromatic nitrogens is 2. The molecule has 0 saturated carbocycles. The zero-order valence-corrected chi connectivity index (χ0v) is 16.9. The van der Waals surface area contributed by atoms with E-state index in [9.17, 15) is 4.79 Å². The molecule has 0 spiro atoms. The van der Waals surface area contributed by atoms with Crippen LogP contribution in [-0.4, -0.2) is 9.55 Å². The van der Waals surface area contributed by atoms with Crippen molar-refractivity contribution in [1.82, 2.24) is 9.55 Å². The van der Waals surface area contributed by atoms with Crippen molar-refractivity contribution in [3.05, 3.63) is 82.1 Å². The van der Waals surface area contributed by atoms with E-state index in [0.29, 0.717) is 6.54 Å². The second kappa shape index (κ2) is 7.71. The van der Waals surface area contributed by atoms with Crippen molar-refractivity contribution in [1.29, 1.82) is 0 Å². The summed E-state index contributed by atoms with van der Waals surface area (Å²) >= 11 is 3.15. The Balaban J connectivity index is 1.72. The molecule has 27 heavy (non-hydrogen) atoms. The number of benzene rings is 2. The van der Waals surface area contributed by atoms with Gasteiger partial charge in [-0.25, -0.2) is 4.98 Å². The van der Waals surface area contributed by atoms with E-state index < -0.39 is 0 Å². The Morgan fingerprint density at radius 3 is 2.52 bits per heavy atom. The van der Waals surface area contributed by atoms with Gasteiger partial charge in [-0.15, -0.1) is 11.3 Å². The maximum Gasteiger partial charge on any atom is 0.272 e. The molecule has 3 nitrogen and oxygen atoms in total. The molecule has 0 bridgehead atoms. The molecule has 0 fully saturated rings. The van der Waals surface area contributed by atoms with Gasteiger partial charge in [0.1, 0.15) is 4.70 Å². The highest BCUT2D eigenvalue weighted by molar-refractivity contribution is 7.98. The minimum absolute atomic E-state index is 0.0566. The zero-order chi connectivity index (χ0) is 18.8. The van der Waals surface area contributed by atoms with Crippen molar-refractivity contribution < 1.29 is 0 Å². The number of thiophene rings is 1. The van der Waals surface area contributed by atoms with Gasteiger partial charge in [0.2, 0.25) is 0 Å². The van der Waals surface area contributed by atoms with Crippen LogP contribution in [0, 0.1) is 6.92 Å². The van der Waals surface area contributed by atoms with Crippen molar-refractivity contribution in [3.63, 3.8) is 0 Å². The molecular formula is C22H20N2OS2. The first-order valence-electron chi connectivity index (χ1n) is 8.94. The summed E-state index contributed by atoms with van der Waals surface area (Å²) in [7, 11) is 0. The maximum atomic E-state index is 13.0. The Morgan fingerprint density at radius 2 is 1.81 bits per heavy atom. The molecule has 0 amide bonds. The first kappa shape index (κ1) is 18.0. The van der Waals surface area contributed by atoms with E-state index in [0.717, 1.165) is 31.6 Å². The number of hydrogen-bond acceptors (Lipinski definition) is 4. The number of rotatable bonds is 5. The van der Waals surface area contributed by atoms with Crippen LogP contribution in [0.15, 0.2) is 70.6 Å². The van der Waals surface area contributed by atoms with Crippen LogP contribution < -0.4 is 5.56 Å². The van der Waals surface area contributed by atoms with Gasteiger partial charge in [-0.1, -0.05) is 71.9 Å². The molecule has 2 heterocycles. The maximum absolute atomic E-state index is 13.0. The van der Waals surface area contributed by atoms with Crippen LogP contribution in [0.25, 0.3) is 20.7 Å². The standard InChI is InChI=1S/C22H20N2OS2/c1-3-24-21(25)20-18(13-19(27-20)17-7-5-4-6-8-17)23-22(24)26-14-16-11-9-15(2)10-12-16/h4-13H,3,14H2,1-2H3. The lowest BCUT2D eigenvalue weighted by molar-refractivity contribution is 0.635.